The average molecular weight is 375 g/mol. The monoisotopic (exact) mass is 375 g/mol. The van der Waals surface area contributed by atoms with Crippen molar-refractivity contribution in [2.75, 3.05) is 21.3 Å². The van der Waals surface area contributed by atoms with Crippen LogP contribution in [0.2, 0.25) is 0 Å². The molecule has 0 bridgehead atoms. The van der Waals surface area contributed by atoms with Crippen LogP contribution in [-0.4, -0.2) is 26.4 Å². The molecule has 0 amide bonds. The van der Waals surface area contributed by atoms with Crippen molar-refractivity contribution in [3.8, 4) is 45.6 Å². The molecular formula is C23H21NO4. The molecule has 5 heteroatoms. The molecule has 0 saturated heterocycles. The molecule has 0 unspecified atom stereocenters. The van der Waals surface area contributed by atoms with Crippen LogP contribution < -0.4 is 14.2 Å². The van der Waals surface area contributed by atoms with Gasteiger partial charge in [-0.05, 0) is 23.8 Å². The van der Waals surface area contributed by atoms with Crippen molar-refractivity contribution in [1.82, 2.24) is 0 Å². The highest BCUT2D eigenvalue weighted by molar-refractivity contribution is 5.89. The lowest BCUT2D eigenvalue weighted by atomic mass is 9.89. The Morgan fingerprint density at radius 2 is 1.21 bits per heavy atom. The van der Waals surface area contributed by atoms with Crippen LogP contribution in [0.1, 0.15) is 11.1 Å². The van der Waals surface area contributed by atoms with Gasteiger partial charge in [-0.1, -0.05) is 36.4 Å². The van der Waals surface area contributed by atoms with E-state index in [1.165, 1.54) is 0 Å². The summed E-state index contributed by atoms with van der Waals surface area (Å²) in [5.74, 6) is 1.80. The molecule has 142 valence electrons. The van der Waals surface area contributed by atoms with Crippen LogP contribution in [0, 0.1) is 11.3 Å². The van der Waals surface area contributed by atoms with Crippen LogP contribution in [0.5, 0.6) is 17.2 Å². The Kier molecular flexibility index (Phi) is 5.83. The zero-order valence-corrected chi connectivity index (χ0v) is 16.0. The van der Waals surface area contributed by atoms with Crippen molar-refractivity contribution in [1.29, 1.82) is 5.26 Å². The molecule has 0 atom stereocenters. The number of hydrogen-bond acceptors (Lipinski definition) is 5. The highest BCUT2D eigenvalue weighted by atomic mass is 16.5. The molecule has 1 N–H and O–H groups in total. The summed E-state index contributed by atoms with van der Waals surface area (Å²) in [5.41, 5.74) is 3.88. The molecule has 0 saturated carbocycles. The summed E-state index contributed by atoms with van der Waals surface area (Å²) in [5, 5.41) is 19.9. The van der Waals surface area contributed by atoms with Crippen LogP contribution in [0.4, 0.5) is 0 Å². The summed E-state index contributed by atoms with van der Waals surface area (Å²) < 4.78 is 16.6. The summed E-state index contributed by atoms with van der Waals surface area (Å²) in [6.07, 6.45) is 0. The number of aliphatic hydroxyl groups is 1. The van der Waals surface area contributed by atoms with Gasteiger partial charge in [0.25, 0.3) is 0 Å². The third kappa shape index (κ3) is 3.26. The number of nitrogens with zero attached hydrogens (tertiary/aromatic N) is 1. The third-order valence-corrected chi connectivity index (χ3v) is 4.65. The van der Waals surface area contributed by atoms with Crippen molar-refractivity contribution in [3.63, 3.8) is 0 Å². The lowest BCUT2D eigenvalue weighted by Gasteiger charge is -2.18. The summed E-state index contributed by atoms with van der Waals surface area (Å²) in [7, 11) is 4.73. The number of hydrogen-bond donors (Lipinski definition) is 1. The van der Waals surface area contributed by atoms with E-state index in [4.69, 9.17) is 14.2 Å². The first-order valence-electron chi connectivity index (χ1n) is 8.71. The van der Waals surface area contributed by atoms with E-state index in [0.29, 0.717) is 50.6 Å². The summed E-state index contributed by atoms with van der Waals surface area (Å²) in [6, 6.07) is 18.8. The van der Waals surface area contributed by atoms with Gasteiger partial charge >= 0.3 is 0 Å². The molecular weight excluding hydrogens is 354 g/mol. The predicted octanol–water partition coefficient (Wildman–Crippen LogP) is 4.41. The number of ether oxygens (including phenoxy) is 3. The Balaban J connectivity index is 2.37. The zero-order valence-electron chi connectivity index (χ0n) is 16.0. The first-order valence-corrected chi connectivity index (χ1v) is 8.71. The minimum Gasteiger partial charge on any atom is -0.496 e. The normalized spacial score (nSPS) is 10.2. The van der Waals surface area contributed by atoms with Gasteiger partial charge in [-0.25, -0.2) is 0 Å². The SMILES string of the molecule is COc1cccc(CO)c1-c1cccc(-c2c(OC)cccc2OC)c1C#N. The Bertz CT molecular complexity index is 919. The van der Waals surface area contributed by atoms with E-state index >= 15 is 0 Å². The van der Waals surface area contributed by atoms with Crippen LogP contribution in [0.15, 0.2) is 54.6 Å². The van der Waals surface area contributed by atoms with Gasteiger partial charge in [-0.3, -0.25) is 0 Å². The van der Waals surface area contributed by atoms with Gasteiger partial charge in [0.2, 0.25) is 0 Å². The maximum atomic E-state index is 10.0. The zero-order chi connectivity index (χ0) is 20.1. The maximum Gasteiger partial charge on any atom is 0.130 e. The van der Waals surface area contributed by atoms with Gasteiger partial charge < -0.3 is 19.3 Å². The minimum absolute atomic E-state index is 0.167. The van der Waals surface area contributed by atoms with Crippen LogP contribution in [-0.2, 0) is 6.61 Å². The fraction of sp³-hybridized carbons (Fsp3) is 0.174. The predicted molar refractivity (Wildman–Crippen MR) is 108 cm³/mol. The quantitative estimate of drug-likeness (QED) is 0.691. The topological polar surface area (TPSA) is 71.7 Å². The summed E-state index contributed by atoms with van der Waals surface area (Å²) in [4.78, 5) is 0. The van der Waals surface area contributed by atoms with Crippen LogP contribution in [0.3, 0.4) is 0 Å². The van der Waals surface area contributed by atoms with E-state index in [-0.39, 0.29) is 6.61 Å². The molecule has 3 aromatic rings. The number of methoxy groups -OCH3 is 3. The number of benzene rings is 3. The molecule has 0 aliphatic rings. The van der Waals surface area contributed by atoms with Gasteiger partial charge in [-0.2, -0.15) is 5.26 Å². The molecule has 0 aliphatic carbocycles. The number of aliphatic hydroxyl groups excluding tert-OH is 1. The molecule has 3 rings (SSSR count). The Morgan fingerprint density at radius 1 is 0.750 bits per heavy atom. The van der Waals surface area contributed by atoms with Gasteiger partial charge in [0.15, 0.2) is 0 Å². The largest absolute Gasteiger partial charge is 0.496 e. The molecule has 0 heterocycles. The Hall–Kier alpha value is -3.49. The second-order valence-electron chi connectivity index (χ2n) is 6.03. The second kappa shape index (κ2) is 8.47. The molecule has 5 nitrogen and oxygen atoms in total. The fourth-order valence-electron chi connectivity index (χ4n) is 3.39. The lowest BCUT2D eigenvalue weighted by Crippen LogP contribution is -1.99. The van der Waals surface area contributed by atoms with Crippen LogP contribution >= 0.6 is 0 Å². The summed E-state index contributed by atoms with van der Waals surface area (Å²) >= 11 is 0. The van der Waals surface area contributed by atoms with Crippen molar-refractivity contribution < 1.29 is 19.3 Å². The van der Waals surface area contributed by atoms with E-state index in [0.717, 1.165) is 0 Å². The molecule has 0 spiro atoms. The van der Waals surface area contributed by atoms with Crippen molar-refractivity contribution in [2.45, 2.75) is 6.61 Å². The fourth-order valence-corrected chi connectivity index (χ4v) is 3.39. The first-order chi connectivity index (χ1) is 13.7. The van der Waals surface area contributed by atoms with Crippen molar-refractivity contribution in [2.24, 2.45) is 0 Å². The molecule has 28 heavy (non-hydrogen) atoms. The Morgan fingerprint density at radius 3 is 1.71 bits per heavy atom. The number of rotatable bonds is 6. The number of nitriles is 1. The molecule has 0 aromatic heterocycles. The highest BCUT2D eigenvalue weighted by Crippen LogP contribution is 2.44. The standard InChI is InChI=1S/C23H21NO4/c1-26-19-10-4-7-15(14-25)22(19)16-8-5-9-17(18(16)13-24)23-20(27-2)11-6-12-21(23)28-3/h4-12,25H,14H2,1-3H3. The van der Waals surface area contributed by atoms with Crippen LogP contribution in [0.25, 0.3) is 22.3 Å². The van der Waals surface area contributed by atoms with E-state index in [1.807, 2.05) is 54.6 Å². The molecule has 0 fully saturated rings. The maximum absolute atomic E-state index is 10.0. The minimum atomic E-state index is -0.167. The molecule has 0 radical (unpaired) electrons. The van der Waals surface area contributed by atoms with Gasteiger partial charge in [0, 0.05) is 16.7 Å². The Labute approximate surface area is 164 Å². The van der Waals surface area contributed by atoms with Crippen molar-refractivity contribution >= 4 is 0 Å². The molecule has 3 aromatic carbocycles. The highest BCUT2D eigenvalue weighted by Gasteiger charge is 2.21. The average Bonchev–Trinajstić information content (AvgIpc) is 2.77. The van der Waals surface area contributed by atoms with Gasteiger partial charge in [0.05, 0.1) is 39.1 Å². The van der Waals surface area contributed by atoms with E-state index in [2.05, 4.69) is 6.07 Å². The second-order valence-corrected chi connectivity index (χ2v) is 6.03. The van der Waals surface area contributed by atoms with Gasteiger partial charge in [-0.15, -0.1) is 0 Å². The van der Waals surface area contributed by atoms with E-state index in [1.54, 1.807) is 21.3 Å². The van der Waals surface area contributed by atoms with Gasteiger partial charge in [0.1, 0.15) is 23.3 Å². The lowest BCUT2D eigenvalue weighted by molar-refractivity contribution is 0.281. The first kappa shape index (κ1) is 19.3. The van der Waals surface area contributed by atoms with E-state index < -0.39 is 0 Å². The smallest absolute Gasteiger partial charge is 0.130 e. The molecule has 0 aliphatic heterocycles. The summed E-state index contributed by atoms with van der Waals surface area (Å²) in [6.45, 7) is -0.167. The van der Waals surface area contributed by atoms with Crippen molar-refractivity contribution in [3.05, 3.63) is 65.7 Å². The van der Waals surface area contributed by atoms with E-state index in [9.17, 15) is 10.4 Å². The third-order valence-electron chi connectivity index (χ3n) is 4.65.